The number of nitrogens with zero attached hydrogens (tertiary/aromatic N) is 3. The average Bonchev–Trinajstić information content (AvgIpc) is 3.92. The van der Waals surface area contributed by atoms with Gasteiger partial charge < -0.3 is 13.9 Å². The van der Waals surface area contributed by atoms with Gasteiger partial charge in [-0.1, -0.05) is 140 Å². The van der Waals surface area contributed by atoms with Crippen LogP contribution in [0, 0.1) is 0 Å². The summed E-state index contributed by atoms with van der Waals surface area (Å²) in [5.41, 5.74) is 14.6. The van der Waals surface area contributed by atoms with Crippen molar-refractivity contribution in [2.75, 3.05) is 4.90 Å². The van der Waals surface area contributed by atoms with Crippen molar-refractivity contribution in [2.24, 2.45) is 0 Å². The molecule has 12 rings (SSSR count). The molecule has 268 valence electrons. The molecule has 0 N–H and O–H groups in total. The van der Waals surface area contributed by atoms with Gasteiger partial charge in [0.1, 0.15) is 0 Å². The highest BCUT2D eigenvalue weighted by Crippen LogP contribution is 2.43. The van der Waals surface area contributed by atoms with Crippen LogP contribution in [0.3, 0.4) is 0 Å². The van der Waals surface area contributed by atoms with Gasteiger partial charge in [-0.25, -0.2) is 0 Å². The molecule has 1 atom stereocenters. The molecule has 0 spiro atoms. The van der Waals surface area contributed by atoms with E-state index in [4.69, 9.17) is 0 Å². The number of benzene rings is 8. The van der Waals surface area contributed by atoms with Crippen LogP contribution in [0.2, 0.25) is 0 Å². The summed E-state index contributed by atoms with van der Waals surface area (Å²) in [7, 11) is 0. The predicted octanol–water partition coefficient (Wildman–Crippen LogP) is 14.4. The van der Waals surface area contributed by atoms with E-state index in [1.54, 1.807) is 0 Å². The highest BCUT2D eigenvalue weighted by Gasteiger charge is 2.22. The molecule has 1 aliphatic carbocycles. The molecule has 3 aromatic heterocycles. The second-order valence-corrected chi connectivity index (χ2v) is 15.3. The first-order valence-electron chi connectivity index (χ1n) is 19.9. The minimum Gasteiger partial charge on any atom is -0.311 e. The van der Waals surface area contributed by atoms with Crippen LogP contribution in [0.1, 0.15) is 17.9 Å². The molecule has 0 amide bonds. The van der Waals surface area contributed by atoms with Crippen molar-refractivity contribution < 1.29 is 0 Å². The average molecular weight is 728 g/mol. The SMILES string of the molecule is C1=CC(c2ccc3c(c2)c2cccc4c5ccccc5n3c42)CC=C1N(c1ccc(-c2ccccc2)cc1)c1ccc2c3ccccc3n(-c3ccccc3)c2c1. The van der Waals surface area contributed by atoms with Gasteiger partial charge in [-0.3, -0.25) is 0 Å². The van der Waals surface area contributed by atoms with E-state index in [2.05, 4.69) is 220 Å². The summed E-state index contributed by atoms with van der Waals surface area (Å²) in [5.74, 6) is 0.278. The van der Waals surface area contributed by atoms with Crippen molar-refractivity contribution in [3.63, 3.8) is 0 Å². The second-order valence-electron chi connectivity index (χ2n) is 15.3. The molecule has 0 aliphatic heterocycles. The third-order valence-corrected chi connectivity index (χ3v) is 12.2. The van der Waals surface area contributed by atoms with Crippen molar-refractivity contribution in [2.45, 2.75) is 12.3 Å². The summed E-state index contributed by atoms with van der Waals surface area (Å²) in [6.45, 7) is 0. The third kappa shape index (κ3) is 4.92. The zero-order chi connectivity index (χ0) is 37.5. The summed E-state index contributed by atoms with van der Waals surface area (Å²) >= 11 is 0. The Morgan fingerprint density at radius 3 is 1.82 bits per heavy atom. The Kier molecular flexibility index (Phi) is 7.05. The zero-order valence-electron chi connectivity index (χ0n) is 31.3. The van der Waals surface area contributed by atoms with Gasteiger partial charge in [-0.2, -0.15) is 0 Å². The van der Waals surface area contributed by atoms with Crippen LogP contribution in [0.15, 0.2) is 212 Å². The Morgan fingerprint density at radius 1 is 0.439 bits per heavy atom. The summed E-state index contributed by atoms with van der Waals surface area (Å²) in [5, 5.41) is 7.79. The number of hydrogen-bond donors (Lipinski definition) is 0. The minimum atomic E-state index is 0.278. The van der Waals surface area contributed by atoms with E-state index in [0.717, 1.165) is 23.5 Å². The van der Waals surface area contributed by atoms with Gasteiger partial charge in [0, 0.05) is 61.0 Å². The maximum absolute atomic E-state index is 2.46. The summed E-state index contributed by atoms with van der Waals surface area (Å²) in [6.07, 6.45) is 8.08. The molecule has 57 heavy (non-hydrogen) atoms. The molecule has 3 heterocycles. The molecule has 1 unspecified atom stereocenters. The molecular formula is C54H37N3. The Labute approximate surface area is 330 Å². The second kappa shape index (κ2) is 12.6. The van der Waals surface area contributed by atoms with Crippen LogP contribution in [0.25, 0.3) is 76.7 Å². The molecule has 0 radical (unpaired) electrons. The van der Waals surface area contributed by atoms with E-state index < -0.39 is 0 Å². The molecule has 0 saturated carbocycles. The number of para-hydroxylation sites is 4. The number of allylic oxidation sites excluding steroid dienone is 3. The zero-order valence-corrected chi connectivity index (χ0v) is 31.3. The molecule has 8 aromatic carbocycles. The monoisotopic (exact) mass is 727 g/mol. The number of aromatic nitrogens is 2. The molecule has 0 fully saturated rings. The number of hydrogen-bond acceptors (Lipinski definition) is 1. The molecule has 11 aromatic rings. The van der Waals surface area contributed by atoms with Crippen LogP contribution < -0.4 is 4.90 Å². The first-order chi connectivity index (χ1) is 28.3. The van der Waals surface area contributed by atoms with Crippen molar-refractivity contribution in [1.82, 2.24) is 8.97 Å². The fourth-order valence-corrected chi connectivity index (χ4v) is 9.54. The summed E-state index contributed by atoms with van der Waals surface area (Å²) in [4.78, 5) is 2.43. The van der Waals surface area contributed by atoms with Crippen LogP contribution in [0.4, 0.5) is 11.4 Å². The van der Waals surface area contributed by atoms with Crippen LogP contribution in [-0.4, -0.2) is 8.97 Å². The van der Waals surface area contributed by atoms with Gasteiger partial charge >= 0.3 is 0 Å². The predicted molar refractivity (Wildman–Crippen MR) is 240 cm³/mol. The summed E-state index contributed by atoms with van der Waals surface area (Å²) in [6, 6.07) is 68.8. The van der Waals surface area contributed by atoms with Crippen molar-refractivity contribution in [1.29, 1.82) is 0 Å². The lowest BCUT2D eigenvalue weighted by atomic mass is 9.90. The standard InChI is InChI=1S/C54H37N3/c1-3-12-36(13-4-1)37-22-27-41(28-23-37)55(43-31-32-46-44-16-7-9-20-50(44)56(53(46)35-43)40-14-5-2-6-15-40)42-29-24-38(25-30-42)39-26-33-52-49(34-39)48-19-11-18-47-45-17-8-10-21-51(45)57(52)54(47)48/h1-24,26-35,38H,25H2. The van der Waals surface area contributed by atoms with Crippen LogP contribution >= 0.6 is 0 Å². The third-order valence-electron chi connectivity index (χ3n) is 12.2. The molecule has 0 bridgehead atoms. The lowest BCUT2D eigenvalue weighted by Gasteiger charge is -2.29. The van der Waals surface area contributed by atoms with Gasteiger partial charge in [0.2, 0.25) is 0 Å². The van der Waals surface area contributed by atoms with E-state index in [1.165, 1.54) is 82.3 Å². The van der Waals surface area contributed by atoms with Crippen LogP contribution in [-0.2, 0) is 0 Å². The maximum Gasteiger partial charge on any atom is 0.0620 e. The van der Waals surface area contributed by atoms with E-state index in [9.17, 15) is 0 Å². The van der Waals surface area contributed by atoms with E-state index in [0.29, 0.717) is 0 Å². The number of rotatable bonds is 6. The number of fused-ring (bicyclic) bond motifs is 9. The molecular weight excluding hydrogens is 691 g/mol. The van der Waals surface area contributed by atoms with E-state index in [1.807, 2.05) is 0 Å². The summed E-state index contributed by atoms with van der Waals surface area (Å²) < 4.78 is 4.86. The van der Waals surface area contributed by atoms with Gasteiger partial charge in [0.25, 0.3) is 0 Å². The molecule has 1 aliphatic rings. The minimum absolute atomic E-state index is 0.278. The van der Waals surface area contributed by atoms with Crippen molar-refractivity contribution in [3.8, 4) is 16.8 Å². The first-order valence-corrected chi connectivity index (χ1v) is 19.9. The highest BCUT2D eigenvalue weighted by molar-refractivity contribution is 6.23. The quantitative estimate of drug-likeness (QED) is 0.166. The Morgan fingerprint density at radius 2 is 1.05 bits per heavy atom. The normalized spacial score (nSPS) is 14.5. The topological polar surface area (TPSA) is 12.6 Å². The van der Waals surface area contributed by atoms with Gasteiger partial charge in [0.05, 0.1) is 27.6 Å². The van der Waals surface area contributed by atoms with Gasteiger partial charge in [-0.15, -0.1) is 0 Å². The Balaban J connectivity index is 0.963. The smallest absolute Gasteiger partial charge is 0.0620 e. The van der Waals surface area contributed by atoms with Gasteiger partial charge in [0.15, 0.2) is 0 Å². The van der Waals surface area contributed by atoms with E-state index in [-0.39, 0.29) is 5.92 Å². The Hall–Kier alpha value is -7.36. The lowest BCUT2D eigenvalue weighted by Crippen LogP contribution is -2.17. The largest absolute Gasteiger partial charge is 0.311 e. The first kappa shape index (κ1) is 31.9. The number of anilines is 2. The highest BCUT2D eigenvalue weighted by atomic mass is 15.1. The molecule has 3 heteroatoms. The molecule has 3 nitrogen and oxygen atoms in total. The fourth-order valence-electron chi connectivity index (χ4n) is 9.54. The van der Waals surface area contributed by atoms with Crippen LogP contribution in [0.5, 0.6) is 0 Å². The van der Waals surface area contributed by atoms with Crippen molar-refractivity contribution in [3.05, 3.63) is 218 Å². The fraction of sp³-hybridized carbons (Fsp3) is 0.0370. The lowest BCUT2D eigenvalue weighted by molar-refractivity contribution is 0.841. The van der Waals surface area contributed by atoms with Gasteiger partial charge in [-0.05, 0) is 89.9 Å². The van der Waals surface area contributed by atoms with E-state index >= 15 is 0 Å². The maximum atomic E-state index is 2.46. The molecule has 0 saturated heterocycles. The van der Waals surface area contributed by atoms with Crippen molar-refractivity contribution >= 4 is 71.3 Å². The Bertz CT molecular complexity index is 3360.